The third-order valence-electron chi connectivity index (χ3n) is 1.71. The fourth-order valence-corrected chi connectivity index (χ4v) is 1.93. The van der Waals surface area contributed by atoms with E-state index < -0.39 is 0 Å². The van der Waals surface area contributed by atoms with Crippen molar-refractivity contribution < 1.29 is 9.15 Å². The summed E-state index contributed by atoms with van der Waals surface area (Å²) in [6.45, 7) is 0. The van der Waals surface area contributed by atoms with Gasteiger partial charge in [0.2, 0.25) is 5.89 Å². The zero-order valence-corrected chi connectivity index (χ0v) is 9.06. The fraction of sp³-hybridized carbons (Fsp3) is 0.222. The zero-order chi connectivity index (χ0) is 9.97. The van der Waals surface area contributed by atoms with Crippen LogP contribution in [0.25, 0.3) is 10.8 Å². The molecule has 0 amide bonds. The summed E-state index contributed by atoms with van der Waals surface area (Å²) >= 11 is 7.14. The second kappa shape index (κ2) is 4.02. The van der Waals surface area contributed by atoms with Gasteiger partial charge in [0.1, 0.15) is 12.0 Å². The lowest BCUT2D eigenvalue weighted by Crippen LogP contribution is -1.77. The van der Waals surface area contributed by atoms with E-state index in [4.69, 9.17) is 20.8 Å². The van der Waals surface area contributed by atoms with Crippen molar-refractivity contribution in [1.82, 2.24) is 4.98 Å². The summed E-state index contributed by atoms with van der Waals surface area (Å²) in [5, 5.41) is 1.90. The van der Waals surface area contributed by atoms with Gasteiger partial charge in [0.15, 0.2) is 0 Å². The third-order valence-corrected chi connectivity index (χ3v) is 2.88. The van der Waals surface area contributed by atoms with Gasteiger partial charge in [-0.15, -0.1) is 22.9 Å². The molecule has 0 aromatic carbocycles. The molecule has 5 heteroatoms. The molecule has 0 bridgehead atoms. The van der Waals surface area contributed by atoms with Crippen LogP contribution < -0.4 is 4.74 Å². The summed E-state index contributed by atoms with van der Waals surface area (Å²) in [6.07, 6.45) is 1.56. The maximum atomic E-state index is 5.62. The predicted octanol–water partition coefficient (Wildman–Crippen LogP) is 3.15. The number of rotatable bonds is 3. The van der Waals surface area contributed by atoms with Crippen LogP contribution in [0.2, 0.25) is 0 Å². The van der Waals surface area contributed by atoms with Crippen LogP contribution in [0.15, 0.2) is 22.1 Å². The Morgan fingerprint density at radius 3 is 3.07 bits per heavy atom. The van der Waals surface area contributed by atoms with Crippen molar-refractivity contribution in [2.75, 3.05) is 7.11 Å². The first-order valence-electron chi connectivity index (χ1n) is 3.96. The lowest BCUT2D eigenvalue weighted by atomic mass is 10.4. The molecule has 2 aromatic heterocycles. The van der Waals surface area contributed by atoms with Crippen LogP contribution in [0, 0.1) is 0 Å². The SMILES string of the molecule is COc1csc(-c2nc(CCl)co2)c1. The van der Waals surface area contributed by atoms with Crippen molar-refractivity contribution in [3.8, 4) is 16.5 Å². The van der Waals surface area contributed by atoms with Crippen LogP contribution in [0.5, 0.6) is 5.75 Å². The number of ether oxygens (including phenoxy) is 1. The van der Waals surface area contributed by atoms with Gasteiger partial charge in [0.05, 0.1) is 23.6 Å². The van der Waals surface area contributed by atoms with E-state index in [2.05, 4.69) is 4.98 Å². The second-order valence-electron chi connectivity index (χ2n) is 2.63. The van der Waals surface area contributed by atoms with Crippen LogP contribution >= 0.6 is 22.9 Å². The highest BCUT2D eigenvalue weighted by molar-refractivity contribution is 7.13. The van der Waals surface area contributed by atoms with Crippen molar-refractivity contribution in [2.24, 2.45) is 0 Å². The molecule has 2 heterocycles. The number of thiophene rings is 1. The molecule has 3 nitrogen and oxygen atoms in total. The van der Waals surface area contributed by atoms with E-state index in [-0.39, 0.29) is 0 Å². The molecule has 0 saturated heterocycles. The number of hydrogen-bond donors (Lipinski definition) is 0. The molecule has 0 aliphatic carbocycles. The van der Waals surface area contributed by atoms with E-state index in [1.165, 1.54) is 11.3 Å². The number of alkyl halides is 1. The molecule has 74 valence electrons. The minimum Gasteiger partial charge on any atom is -0.496 e. The molecule has 0 unspecified atom stereocenters. The van der Waals surface area contributed by atoms with E-state index in [0.29, 0.717) is 11.8 Å². The van der Waals surface area contributed by atoms with Gasteiger partial charge < -0.3 is 9.15 Å². The number of hydrogen-bond acceptors (Lipinski definition) is 4. The van der Waals surface area contributed by atoms with Crippen LogP contribution in [0.3, 0.4) is 0 Å². The molecule has 0 aliphatic heterocycles. The fourth-order valence-electron chi connectivity index (χ4n) is 1.02. The van der Waals surface area contributed by atoms with Crippen molar-refractivity contribution in [1.29, 1.82) is 0 Å². The Hall–Kier alpha value is -1.00. The number of aromatic nitrogens is 1. The highest BCUT2D eigenvalue weighted by Crippen LogP contribution is 2.30. The van der Waals surface area contributed by atoms with Gasteiger partial charge in [0.25, 0.3) is 0 Å². The van der Waals surface area contributed by atoms with E-state index in [1.54, 1.807) is 13.4 Å². The minimum absolute atomic E-state index is 0.367. The molecule has 14 heavy (non-hydrogen) atoms. The molecular weight excluding hydrogens is 222 g/mol. The van der Waals surface area contributed by atoms with Crippen LogP contribution in [0.4, 0.5) is 0 Å². The van der Waals surface area contributed by atoms with Gasteiger partial charge in [0, 0.05) is 11.4 Å². The van der Waals surface area contributed by atoms with Crippen LogP contribution in [-0.2, 0) is 5.88 Å². The van der Waals surface area contributed by atoms with Crippen molar-refractivity contribution >= 4 is 22.9 Å². The first-order valence-corrected chi connectivity index (χ1v) is 5.38. The lowest BCUT2D eigenvalue weighted by molar-refractivity contribution is 0.416. The molecule has 2 aromatic rings. The van der Waals surface area contributed by atoms with E-state index in [9.17, 15) is 0 Å². The molecule has 0 saturated carbocycles. The Kier molecular flexibility index (Phi) is 2.74. The van der Waals surface area contributed by atoms with E-state index >= 15 is 0 Å². The molecule has 0 N–H and O–H groups in total. The highest BCUT2D eigenvalue weighted by Gasteiger charge is 2.08. The quantitative estimate of drug-likeness (QED) is 0.759. The molecule has 0 fully saturated rings. The molecule has 2 rings (SSSR count). The Morgan fingerprint density at radius 2 is 2.50 bits per heavy atom. The smallest absolute Gasteiger partial charge is 0.236 e. The molecule has 0 aliphatic rings. The summed E-state index contributed by atoms with van der Waals surface area (Å²) in [5.74, 6) is 1.77. The number of methoxy groups -OCH3 is 1. The standard InChI is InChI=1S/C9H8ClNO2S/c1-12-7-2-8(14-5-7)9-11-6(3-10)4-13-9/h2,4-5H,3H2,1H3. The molecule has 0 radical (unpaired) electrons. The average molecular weight is 230 g/mol. The Balaban J connectivity index is 2.29. The summed E-state index contributed by atoms with van der Waals surface area (Å²) in [6, 6.07) is 1.88. The molecule has 0 spiro atoms. The topological polar surface area (TPSA) is 35.3 Å². The predicted molar refractivity (Wildman–Crippen MR) is 55.9 cm³/mol. The maximum Gasteiger partial charge on any atom is 0.236 e. The molecular formula is C9H8ClNO2S. The van der Waals surface area contributed by atoms with Crippen LogP contribution in [0.1, 0.15) is 5.69 Å². The Morgan fingerprint density at radius 1 is 1.64 bits per heavy atom. The average Bonchev–Trinajstić information content (AvgIpc) is 2.86. The van der Waals surface area contributed by atoms with Gasteiger partial charge in [-0.05, 0) is 0 Å². The zero-order valence-electron chi connectivity index (χ0n) is 7.49. The summed E-state index contributed by atoms with van der Waals surface area (Å²) < 4.78 is 10.3. The summed E-state index contributed by atoms with van der Waals surface area (Å²) in [5.41, 5.74) is 0.744. The van der Waals surface area contributed by atoms with Crippen molar-refractivity contribution in [3.63, 3.8) is 0 Å². The lowest BCUT2D eigenvalue weighted by Gasteiger charge is -1.89. The highest BCUT2D eigenvalue weighted by atomic mass is 35.5. The van der Waals surface area contributed by atoms with Crippen molar-refractivity contribution in [3.05, 3.63) is 23.4 Å². The Labute approximate surface area is 90.3 Å². The first-order chi connectivity index (χ1) is 6.83. The van der Waals surface area contributed by atoms with Crippen molar-refractivity contribution in [2.45, 2.75) is 5.88 Å². The van der Waals surface area contributed by atoms with Gasteiger partial charge in [-0.25, -0.2) is 4.98 Å². The van der Waals surface area contributed by atoms with E-state index in [0.717, 1.165) is 16.3 Å². The minimum atomic E-state index is 0.367. The maximum absolute atomic E-state index is 5.62. The van der Waals surface area contributed by atoms with Crippen LogP contribution in [-0.4, -0.2) is 12.1 Å². The van der Waals surface area contributed by atoms with Gasteiger partial charge >= 0.3 is 0 Å². The molecule has 0 atom stereocenters. The Bertz CT molecular complexity index is 384. The number of oxazole rings is 1. The first kappa shape index (κ1) is 9.55. The monoisotopic (exact) mass is 229 g/mol. The summed E-state index contributed by atoms with van der Waals surface area (Å²) in [7, 11) is 1.63. The summed E-state index contributed by atoms with van der Waals surface area (Å²) in [4.78, 5) is 5.15. The normalized spacial score (nSPS) is 10.4. The number of halogens is 1. The third kappa shape index (κ3) is 1.76. The van der Waals surface area contributed by atoms with Gasteiger partial charge in [-0.2, -0.15) is 0 Å². The van der Waals surface area contributed by atoms with E-state index in [1.807, 2.05) is 11.4 Å². The van der Waals surface area contributed by atoms with Gasteiger partial charge in [-0.1, -0.05) is 0 Å². The van der Waals surface area contributed by atoms with Gasteiger partial charge in [-0.3, -0.25) is 0 Å². The second-order valence-corrected chi connectivity index (χ2v) is 3.81. The largest absolute Gasteiger partial charge is 0.496 e. The number of nitrogens with zero attached hydrogens (tertiary/aromatic N) is 1.